The Kier molecular flexibility index (Phi) is 3.10. The van der Waals surface area contributed by atoms with Crippen LogP contribution in [-0.4, -0.2) is 21.3 Å². The lowest BCUT2D eigenvalue weighted by Crippen LogP contribution is -2.08. The van der Waals surface area contributed by atoms with Crippen molar-refractivity contribution in [3.8, 4) is 0 Å². The number of hydrogen-bond acceptors (Lipinski definition) is 3. The highest BCUT2D eigenvalue weighted by molar-refractivity contribution is 5.78. The van der Waals surface area contributed by atoms with E-state index >= 15 is 0 Å². The molecule has 0 fully saturated rings. The summed E-state index contributed by atoms with van der Waals surface area (Å²) >= 11 is 0. The summed E-state index contributed by atoms with van der Waals surface area (Å²) in [6, 6.07) is 5.75. The Morgan fingerprint density at radius 3 is 3.06 bits per heavy atom. The van der Waals surface area contributed by atoms with Gasteiger partial charge >= 0.3 is 0 Å². The maximum Gasteiger partial charge on any atom is 0.0958 e. The van der Waals surface area contributed by atoms with Crippen LogP contribution < -0.4 is 5.73 Å². The fraction of sp³-hybridized carbons (Fsp3) is 0.417. The SMILES string of the molecule is CC(CCO)Cn1cnc2cc(N)ccc21. The number of benzene rings is 1. The molecule has 1 atom stereocenters. The fourth-order valence-electron chi connectivity index (χ4n) is 1.87. The number of hydrogen-bond donors (Lipinski definition) is 2. The van der Waals surface area contributed by atoms with E-state index in [4.69, 9.17) is 10.8 Å². The van der Waals surface area contributed by atoms with Gasteiger partial charge in [-0.3, -0.25) is 0 Å². The molecule has 0 bridgehead atoms. The van der Waals surface area contributed by atoms with Gasteiger partial charge < -0.3 is 15.4 Å². The molecule has 0 amide bonds. The van der Waals surface area contributed by atoms with Crippen LogP contribution in [0.1, 0.15) is 13.3 Å². The second-order valence-electron chi connectivity index (χ2n) is 4.26. The number of aliphatic hydroxyl groups is 1. The minimum atomic E-state index is 0.237. The molecule has 86 valence electrons. The van der Waals surface area contributed by atoms with Gasteiger partial charge in [-0.25, -0.2) is 4.98 Å². The van der Waals surface area contributed by atoms with Crippen molar-refractivity contribution in [2.45, 2.75) is 19.9 Å². The third-order valence-corrected chi connectivity index (χ3v) is 2.78. The van der Waals surface area contributed by atoms with Gasteiger partial charge in [-0.1, -0.05) is 6.92 Å². The predicted octanol–water partition coefficient (Wildman–Crippen LogP) is 1.64. The summed E-state index contributed by atoms with van der Waals surface area (Å²) in [7, 11) is 0. The molecule has 2 aromatic rings. The number of fused-ring (bicyclic) bond motifs is 1. The third kappa shape index (κ3) is 2.17. The third-order valence-electron chi connectivity index (χ3n) is 2.78. The van der Waals surface area contributed by atoms with Gasteiger partial charge in [0.2, 0.25) is 0 Å². The van der Waals surface area contributed by atoms with E-state index in [1.165, 1.54) is 0 Å². The van der Waals surface area contributed by atoms with E-state index in [0.29, 0.717) is 5.92 Å². The molecule has 0 aliphatic carbocycles. The number of aliphatic hydroxyl groups excluding tert-OH is 1. The highest BCUT2D eigenvalue weighted by Gasteiger charge is 2.06. The minimum Gasteiger partial charge on any atom is -0.399 e. The molecule has 3 N–H and O–H groups in total. The van der Waals surface area contributed by atoms with Crippen molar-refractivity contribution < 1.29 is 5.11 Å². The predicted molar refractivity (Wildman–Crippen MR) is 65.0 cm³/mol. The van der Waals surface area contributed by atoms with Crippen LogP contribution in [0.5, 0.6) is 0 Å². The molecular formula is C12H17N3O. The zero-order valence-corrected chi connectivity index (χ0v) is 9.43. The zero-order valence-electron chi connectivity index (χ0n) is 9.43. The number of nitrogens with zero attached hydrogens (tertiary/aromatic N) is 2. The summed E-state index contributed by atoms with van der Waals surface area (Å²) < 4.78 is 2.11. The summed E-state index contributed by atoms with van der Waals surface area (Å²) in [6.45, 7) is 3.24. The Hall–Kier alpha value is -1.55. The number of rotatable bonds is 4. The van der Waals surface area contributed by atoms with E-state index in [1.54, 1.807) is 0 Å². The number of imidazole rings is 1. The molecular weight excluding hydrogens is 202 g/mol. The van der Waals surface area contributed by atoms with Gasteiger partial charge in [0.25, 0.3) is 0 Å². The molecule has 16 heavy (non-hydrogen) atoms. The Morgan fingerprint density at radius 2 is 2.31 bits per heavy atom. The van der Waals surface area contributed by atoms with Crippen LogP contribution in [0.2, 0.25) is 0 Å². The Labute approximate surface area is 94.7 Å². The standard InChI is InChI=1S/C12H17N3O/c1-9(4-5-16)7-15-8-14-11-6-10(13)2-3-12(11)15/h2-3,6,8-9,16H,4-5,7,13H2,1H3. The Bertz CT molecular complexity index is 478. The van der Waals surface area contributed by atoms with E-state index in [9.17, 15) is 0 Å². The van der Waals surface area contributed by atoms with Crippen molar-refractivity contribution in [2.75, 3.05) is 12.3 Å². The largest absolute Gasteiger partial charge is 0.399 e. The van der Waals surface area contributed by atoms with E-state index in [0.717, 1.165) is 29.7 Å². The van der Waals surface area contributed by atoms with Crippen LogP contribution in [0.4, 0.5) is 5.69 Å². The van der Waals surface area contributed by atoms with E-state index in [-0.39, 0.29) is 6.61 Å². The van der Waals surface area contributed by atoms with Crippen molar-refractivity contribution in [1.29, 1.82) is 0 Å². The van der Waals surface area contributed by atoms with Crippen LogP contribution in [-0.2, 0) is 6.54 Å². The lowest BCUT2D eigenvalue weighted by Gasteiger charge is -2.11. The zero-order chi connectivity index (χ0) is 11.5. The fourth-order valence-corrected chi connectivity index (χ4v) is 1.87. The van der Waals surface area contributed by atoms with Crippen LogP contribution >= 0.6 is 0 Å². The first-order valence-electron chi connectivity index (χ1n) is 5.52. The maximum absolute atomic E-state index is 8.87. The molecule has 0 aliphatic rings. The first-order valence-corrected chi connectivity index (χ1v) is 5.52. The first-order chi connectivity index (χ1) is 7.70. The molecule has 1 aromatic carbocycles. The monoisotopic (exact) mass is 219 g/mol. The van der Waals surface area contributed by atoms with Gasteiger partial charge in [0, 0.05) is 18.8 Å². The smallest absolute Gasteiger partial charge is 0.0958 e. The highest BCUT2D eigenvalue weighted by Crippen LogP contribution is 2.17. The van der Waals surface area contributed by atoms with Gasteiger partial charge in [-0.2, -0.15) is 0 Å². The summed E-state index contributed by atoms with van der Waals surface area (Å²) in [5.41, 5.74) is 8.46. The molecule has 1 heterocycles. The van der Waals surface area contributed by atoms with Crippen LogP contribution in [0.25, 0.3) is 11.0 Å². The van der Waals surface area contributed by atoms with Gasteiger partial charge in [-0.05, 0) is 30.5 Å². The second-order valence-corrected chi connectivity index (χ2v) is 4.26. The highest BCUT2D eigenvalue weighted by atomic mass is 16.3. The first kappa shape index (κ1) is 11.0. The summed E-state index contributed by atoms with van der Waals surface area (Å²) in [6.07, 6.45) is 2.65. The lowest BCUT2D eigenvalue weighted by molar-refractivity contribution is 0.254. The van der Waals surface area contributed by atoms with Crippen LogP contribution in [0.3, 0.4) is 0 Å². The normalized spacial score (nSPS) is 13.1. The molecule has 0 aliphatic heterocycles. The maximum atomic E-state index is 8.87. The summed E-state index contributed by atoms with van der Waals surface area (Å²) in [5.74, 6) is 0.444. The van der Waals surface area contributed by atoms with E-state index < -0.39 is 0 Å². The van der Waals surface area contributed by atoms with E-state index in [1.807, 2.05) is 24.5 Å². The molecule has 0 radical (unpaired) electrons. The summed E-state index contributed by atoms with van der Waals surface area (Å²) in [4.78, 5) is 4.31. The van der Waals surface area contributed by atoms with Crippen LogP contribution in [0.15, 0.2) is 24.5 Å². The van der Waals surface area contributed by atoms with Crippen molar-refractivity contribution in [3.05, 3.63) is 24.5 Å². The Balaban J connectivity index is 2.25. The van der Waals surface area contributed by atoms with Gasteiger partial charge in [0.15, 0.2) is 0 Å². The number of aromatic nitrogens is 2. The number of anilines is 1. The lowest BCUT2D eigenvalue weighted by atomic mass is 10.1. The molecule has 2 rings (SSSR count). The molecule has 0 saturated heterocycles. The minimum absolute atomic E-state index is 0.237. The van der Waals surface area contributed by atoms with Gasteiger partial charge in [0.05, 0.1) is 17.4 Å². The van der Waals surface area contributed by atoms with Crippen molar-refractivity contribution in [3.63, 3.8) is 0 Å². The number of nitrogen functional groups attached to an aromatic ring is 1. The van der Waals surface area contributed by atoms with Gasteiger partial charge in [0.1, 0.15) is 0 Å². The van der Waals surface area contributed by atoms with Gasteiger partial charge in [-0.15, -0.1) is 0 Å². The summed E-state index contributed by atoms with van der Waals surface area (Å²) in [5, 5.41) is 8.87. The van der Waals surface area contributed by atoms with Crippen molar-refractivity contribution >= 4 is 16.7 Å². The second kappa shape index (κ2) is 4.53. The number of nitrogens with two attached hydrogens (primary N) is 1. The molecule has 1 aromatic heterocycles. The Morgan fingerprint density at radius 1 is 1.50 bits per heavy atom. The van der Waals surface area contributed by atoms with Crippen molar-refractivity contribution in [1.82, 2.24) is 9.55 Å². The quantitative estimate of drug-likeness (QED) is 0.768. The van der Waals surface area contributed by atoms with E-state index in [2.05, 4.69) is 16.5 Å². The molecule has 0 spiro atoms. The molecule has 0 saturated carbocycles. The molecule has 4 nitrogen and oxygen atoms in total. The van der Waals surface area contributed by atoms with Crippen LogP contribution in [0, 0.1) is 5.92 Å². The van der Waals surface area contributed by atoms with Crippen molar-refractivity contribution in [2.24, 2.45) is 5.92 Å². The topological polar surface area (TPSA) is 64.1 Å². The molecule has 1 unspecified atom stereocenters. The average molecular weight is 219 g/mol. The average Bonchev–Trinajstić information content (AvgIpc) is 2.61. The molecule has 4 heteroatoms.